The molecule has 0 aromatic heterocycles. The summed E-state index contributed by atoms with van der Waals surface area (Å²) in [6.07, 6.45) is 4.76. The summed E-state index contributed by atoms with van der Waals surface area (Å²) in [5, 5.41) is 0. The predicted molar refractivity (Wildman–Crippen MR) is 99.9 cm³/mol. The Kier molecular flexibility index (Phi) is 7.28. The minimum absolute atomic E-state index is 0.0507. The summed E-state index contributed by atoms with van der Waals surface area (Å²) in [7, 11) is 0. The van der Waals surface area contributed by atoms with Crippen LogP contribution in [0.3, 0.4) is 0 Å². The number of carbonyl (C=O) groups excluding carboxylic acids is 2. The van der Waals surface area contributed by atoms with E-state index in [0.29, 0.717) is 32.8 Å². The maximum atomic E-state index is 12.8. The van der Waals surface area contributed by atoms with Gasteiger partial charge in [0.25, 0.3) is 0 Å². The van der Waals surface area contributed by atoms with Gasteiger partial charge in [-0.15, -0.1) is 0 Å². The Balaban J connectivity index is 1.42. The molecule has 3 fully saturated rings. The number of ether oxygens (including phenoxy) is 1. The fraction of sp³-hybridized carbons (Fsp3) is 0.895. The van der Waals surface area contributed by atoms with Gasteiger partial charge in [-0.2, -0.15) is 0 Å². The van der Waals surface area contributed by atoms with Gasteiger partial charge in [-0.1, -0.05) is 12.8 Å². The zero-order valence-corrected chi connectivity index (χ0v) is 16.2. The quantitative estimate of drug-likeness (QED) is 0.714. The molecule has 0 spiro atoms. The lowest BCUT2D eigenvalue weighted by molar-refractivity contribution is -0.139. The van der Waals surface area contributed by atoms with Crippen LogP contribution in [-0.2, 0) is 14.3 Å². The van der Waals surface area contributed by atoms with Crippen molar-refractivity contribution in [3.8, 4) is 0 Å². The number of rotatable bonds is 4. The van der Waals surface area contributed by atoms with Crippen molar-refractivity contribution in [3.63, 3.8) is 0 Å². The van der Waals surface area contributed by atoms with E-state index in [4.69, 9.17) is 4.74 Å². The van der Waals surface area contributed by atoms with Gasteiger partial charge in [-0.25, -0.2) is 0 Å². The molecule has 26 heavy (non-hydrogen) atoms. The average molecular weight is 367 g/mol. The molecule has 3 heterocycles. The van der Waals surface area contributed by atoms with Crippen molar-refractivity contribution < 1.29 is 14.3 Å². The van der Waals surface area contributed by atoms with Gasteiger partial charge in [-0.3, -0.25) is 19.4 Å². The number of hydrogen-bond donors (Lipinski definition) is 0. The molecule has 2 amide bonds. The number of carbonyl (C=O) groups is 2. The Hall–Kier alpha value is -1.18. The normalized spacial score (nSPS) is 25.0. The molecule has 3 rings (SSSR count). The van der Waals surface area contributed by atoms with Gasteiger partial charge in [0.15, 0.2) is 0 Å². The predicted octanol–water partition coefficient (Wildman–Crippen LogP) is 0.254. The van der Waals surface area contributed by atoms with Gasteiger partial charge in [0.2, 0.25) is 11.8 Å². The summed E-state index contributed by atoms with van der Waals surface area (Å²) < 4.78 is 5.31. The molecule has 1 atom stereocenters. The molecule has 148 valence electrons. The van der Waals surface area contributed by atoms with Crippen molar-refractivity contribution >= 4 is 11.8 Å². The molecule has 1 unspecified atom stereocenters. The molecule has 0 aromatic carbocycles. The monoisotopic (exact) mass is 366 g/mol. The van der Waals surface area contributed by atoms with E-state index in [9.17, 15) is 9.59 Å². The van der Waals surface area contributed by atoms with Crippen LogP contribution in [0.25, 0.3) is 0 Å². The Morgan fingerprint density at radius 2 is 1.42 bits per heavy atom. The molecule has 0 radical (unpaired) electrons. The van der Waals surface area contributed by atoms with Crippen LogP contribution in [-0.4, -0.2) is 110 Å². The molecule has 7 heteroatoms. The van der Waals surface area contributed by atoms with Crippen LogP contribution in [0.15, 0.2) is 0 Å². The standard InChI is InChI=1S/C19H34N4O3/c1-17(19(25)23-6-4-2-3-5-7-23)21-10-8-20(9-11-21)16-18(24)22-12-14-26-15-13-22/h17H,2-16H2,1H3. The third kappa shape index (κ3) is 5.18. The lowest BCUT2D eigenvalue weighted by Crippen LogP contribution is -2.56. The van der Waals surface area contributed by atoms with Crippen LogP contribution in [0.1, 0.15) is 32.6 Å². The fourth-order valence-electron chi connectivity index (χ4n) is 4.12. The second-order valence-corrected chi connectivity index (χ2v) is 7.72. The molecule has 7 nitrogen and oxygen atoms in total. The summed E-state index contributed by atoms with van der Waals surface area (Å²) in [4.78, 5) is 33.7. The Bertz CT molecular complexity index is 465. The molecule has 0 N–H and O–H groups in total. The van der Waals surface area contributed by atoms with E-state index < -0.39 is 0 Å². The smallest absolute Gasteiger partial charge is 0.239 e. The SMILES string of the molecule is CC(C(=O)N1CCCCCC1)N1CCN(CC(=O)N2CCOCC2)CC1. The zero-order chi connectivity index (χ0) is 18.4. The lowest BCUT2D eigenvalue weighted by Gasteiger charge is -2.39. The summed E-state index contributed by atoms with van der Waals surface area (Å²) in [5.74, 6) is 0.486. The van der Waals surface area contributed by atoms with Crippen molar-refractivity contribution in [1.29, 1.82) is 0 Å². The molecular weight excluding hydrogens is 332 g/mol. The van der Waals surface area contributed by atoms with E-state index in [-0.39, 0.29) is 17.9 Å². The third-order valence-corrected chi connectivity index (χ3v) is 5.95. The number of likely N-dealkylation sites (tertiary alicyclic amines) is 1. The second-order valence-electron chi connectivity index (χ2n) is 7.72. The second kappa shape index (κ2) is 9.67. The highest BCUT2D eigenvalue weighted by atomic mass is 16.5. The van der Waals surface area contributed by atoms with E-state index in [1.54, 1.807) is 0 Å². The Morgan fingerprint density at radius 3 is 2.04 bits per heavy atom. The Morgan fingerprint density at radius 1 is 0.808 bits per heavy atom. The molecule has 3 saturated heterocycles. The minimum atomic E-state index is -0.0507. The minimum Gasteiger partial charge on any atom is -0.378 e. The van der Waals surface area contributed by atoms with Crippen LogP contribution >= 0.6 is 0 Å². The highest BCUT2D eigenvalue weighted by Crippen LogP contribution is 2.14. The van der Waals surface area contributed by atoms with Crippen molar-refractivity contribution in [1.82, 2.24) is 19.6 Å². The third-order valence-electron chi connectivity index (χ3n) is 5.95. The van der Waals surface area contributed by atoms with Gasteiger partial charge < -0.3 is 14.5 Å². The van der Waals surface area contributed by atoms with E-state index in [1.165, 1.54) is 12.8 Å². The van der Waals surface area contributed by atoms with Gasteiger partial charge >= 0.3 is 0 Å². The maximum Gasteiger partial charge on any atom is 0.239 e. The molecule has 0 bridgehead atoms. The highest BCUT2D eigenvalue weighted by molar-refractivity contribution is 5.81. The number of piperazine rings is 1. The molecule has 3 aliphatic heterocycles. The van der Waals surface area contributed by atoms with Crippen molar-refractivity contribution in [3.05, 3.63) is 0 Å². The first-order valence-electron chi connectivity index (χ1n) is 10.3. The number of hydrogen-bond acceptors (Lipinski definition) is 5. The van der Waals surface area contributed by atoms with E-state index in [0.717, 1.165) is 52.1 Å². The first-order chi connectivity index (χ1) is 12.6. The highest BCUT2D eigenvalue weighted by Gasteiger charge is 2.30. The van der Waals surface area contributed by atoms with Crippen molar-refractivity contribution in [2.75, 3.05) is 72.1 Å². The molecule has 0 aromatic rings. The van der Waals surface area contributed by atoms with E-state index in [1.807, 2.05) is 11.8 Å². The van der Waals surface area contributed by atoms with Crippen LogP contribution in [0, 0.1) is 0 Å². The van der Waals surface area contributed by atoms with Gasteiger partial charge in [0, 0.05) is 52.4 Å². The first-order valence-corrected chi connectivity index (χ1v) is 10.3. The zero-order valence-electron chi connectivity index (χ0n) is 16.2. The molecule has 3 aliphatic rings. The van der Waals surface area contributed by atoms with Crippen LogP contribution in [0.2, 0.25) is 0 Å². The van der Waals surface area contributed by atoms with Gasteiger partial charge in [0.1, 0.15) is 0 Å². The van der Waals surface area contributed by atoms with Crippen LogP contribution in [0.5, 0.6) is 0 Å². The van der Waals surface area contributed by atoms with Crippen LogP contribution in [0.4, 0.5) is 0 Å². The van der Waals surface area contributed by atoms with E-state index in [2.05, 4.69) is 14.7 Å². The summed E-state index contributed by atoms with van der Waals surface area (Å²) in [6.45, 7) is 10.5. The molecule has 0 saturated carbocycles. The van der Waals surface area contributed by atoms with Crippen LogP contribution < -0.4 is 0 Å². The number of amides is 2. The first kappa shape index (κ1) is 19.6. The fourth-order valence-corrected chi connectivity index (χ4v) is 4.12. The van der Waals surface area contributed by atoms with Gasteiger partial charge in [-0.05, 0) is 19.8 Å². The van der Waals surface area contributed by atoms with Crippen molar-refractivity contribution in [2.24, 2.45) is 0 Å². The van der Waals surface area contributed by atoms with E-state index >= 15 is 0 Å². The summed E-state index contributed by atoms with van der Waals surface area (Å²) in [5.41, 5.74) is 0. The number of morpholine rings is 1. The molecule has 0 aliphatic carbocycles. The topological polar surface area (TPSA) is 56.3 Å². The maximum absolute atomic E-state index is 12.8. The lowest BCUT2D eigenvalue weighted by atomic mass is 10.2. The summed E-state index contributed by atoms with van der Waals surface area (Å²) in [6, 6.07) is -0.0507. The van der Waals surface area contributed by atoms with Gasteiger partial charge in [0.05, 0.1) is 25.8 Å². The average Bonchev–Trinajstić information content (AvgIpc) is 2.97. The summed E-state index contributed by atoms with van der Waals surface area (Å²) >= 11 is 0. The largest absolute Gasteiger partial charge is 0.378 e. The molecular formula is C19H34N4O3. The number of nitrogens with zero attached hydrogens (tertiary/aromatic N) is 4. The Labute approximate surface area is 157 Å². The van der Waals surface area contributed by atoms with Crippen molar-refractivity contribution in [2.45, 2.75) is 38.6 Å².